The highest BCUT2D eigenvalue weighted by atomic mass is 19.4. The van der Waals surface area contributed by atoms with Crippen LogP contribution in [0.25, 0.3) is 0 Å². The Hall–Kier alpha value is -2.89. The Bertz CT molecular complexity index is 748. The van der Waals surface area contributed by atoms with Gasteiger partial charge in [0.25, 0.3) is 0 Å². The number of ether oxygens (including phenoxy) is 1. The monoisotopic (exact) mass is 360 g/mol. The zero-order chi connectivity index (χ0) is 18.8. The number of aryl methyl sites for hydroxylation is 1. The predicted octanol–water partition coefficient (Wildman–Crippen LogP) is 5.55. The molecule has 26 heavy (non-hydrogen) atoms. The minimum atomic E-state index is -4.69. The smallest absolute Gasteiger partial charge is 0.406 e. The van der Waals surface area contributed by atoms with Crippen molar-refractivity contribution < 1.29 is 17.9 Å². The van der Waals surface area contributed by atoms with Crippen molar-refractivity contribution in [2.45, 2.75) is 25.6 Å². The zero-order valence-corrected chi connectivity index (χ0v) is 14.1. The third kappa shape index (κ3) is 7.34. The lowest BCUT2D eigenvalue weighted by Crippen LogP contribution is -2.16. The molecule has 2 aromatic rings. The van der Waals surface area contributed by atoms with Crippen LogP contribution in [-0.2, 0) is 6.42 Å². The third-order valence-electron chi connectivity index (χ3n) is 3.45. The fraction of sp³-hybridized carbons (Fsp3) is 0.200. The van der Waals surface area contributed by atoms with Gasteiger partial charge in [0.05, 0.1) is 12.4 Å². The molecule has 6 heteroatoms. The number of alkyl halides is 3. The first-order valence-electron chi connectivity index (χ1n) is 8.08. The van der Waals surface area contributed by atoms with E-state index >= 15 is 0 Å². The van der Waals surface area contributed by atoms with Crippen molar-refractivity contribution >= 4 is 12.4 Å². The molecule has 0 spiro atoms. The van der Waals surface area contributed by atoms with E-state index in [0.29, 0.717) is 5.56 Å². The van der Waals surface area contributed by atoms with E-state index in [0.717, 1.165) is 24.8 Å². The lowest BCUT2D eigenvalue weighted by atomic mass is 10.1. The highest BCUT2D eigenvalue weighted by molar-refractivity contribution is 5.82. The first-order chi connectivity index (χ1) is 12.5. The molecule has 3 nitrogen and oxygen atoms in total. The molecule has 0 bridgehead atoms. The van der Waals surface area contributed by atoms with Gasteiger partial charge < -0.3 is 4.74 Å². The van der Waals surface area contributed by atoms with E-state index in [1.165, 1.54) is 36.0 Å². The van der Waals surface area contributed by atoms with Crippen LogP contribution in [0.4, 0.5) is 13.2 Å². The van der Waals surface area contributed by atoms with Crippen molar-refractivity contribution in [2.24, 2.45) is 10.2 Å². The summed E-state index contributed by atoms with van der Waals surface area (Å²) in [6.45, 7) is 3.71. The second kappa shape index (κ2) is 9.56. The van der Waals surface area contributed by atoms with Crippen LogP contribution < -0.4 is 4.74 Å². The van der Waals surface area contributed by atoms with Gasteiger partial charge in [0.15, 0.2) is 0 Å². The Labute approximate surface area is 150 Å². The summed E-state index contributed by atoms with van der Waals surface area (Å²) in [5.41, 5.74) is 2.80. The summed E-state index contributed by atoms with van der Waals surface area (Å²) >= 11 is 0. The van der Waals surface area contributed by atoms with Gasteiger partial charge in [-0.2, -0.15) is 10.2 Å². The van der Waals surface area contributed by atoms with E-state index < -0.39 is 6.36 Å². The van der Waals surface area contributed by atoms with Crippen LogP contribution in [0.2, 0.25) is 0 Å². The highest BCUT2D eigenvalue weighted by Crippen LogP contribution is 2.22. The van der Waals surface area contributed by atoms with Gasteiger partial charge in [0, 0.05) is 0 Å². The normalized spacial score (nSPS) is 12.0. The van der Waals surface area contributed by atoms with Crippen LogP contribution in [0.15, 0.2) is 71.4 Å². The van der Waals surface area contributed by atoms with Gasteiger partial charge >= 0.3 is 6.36 Å². The van der Waals surface area contributed by atoms with Crippen molar-refractivity contribution in [1.29, 1.82) is 0 Å². The van der Waals surface area contributed by atoms with Gasteiger partial charge in [0.1, 0.15) is 5.75 Å². The molecule has 0 fully saturated rings. The lowest BCUT2D eigenvalue weighted by Gasteiger charge is -2.08. The summed E-state index contributed by atoms with van der Waals surface area (Å²) in [6.07, 6.45) is 3.38. The summed E-state index contributed by atoms with van der Waals surface area (Å²) in [4.78, 5) is 0. The van der Waals surface area contributed by atoms with Crippen molar-refractivity contribution in [3.63, 3.8) is 0 Å². The van der Waals surface area contributed by atoms with Crippen molar-refractivity contribution in [3.05, 3.63) is 77.9 Å². The number of hydrogen-bond donors (Lipinski definition) is 0. The molecular weight excluding hydrogens is 341 g/mol. The number of allylic oxidation sites excluding steroid dienone is 1. The predicted molar refractivity (Wildman–Crippen MR) is 97.9 cm³/mol. The standard InChI is InChI=1S/C20H19F3N2O/c1-2-3-4-5-16-6-8-17(9-7-16)14-24-25-15-18-10-12-19(13-11-18)26-20(21,22)23/h2,6-15H,1,3-5H2. The minimum Gasteiger partial charge on any atom is -0.406 e. The maximum Gasteiger partial charge on any atom is 0.573 e. The van der Waals surface area contributed by atoms with Crippen molar-refractivity contribution in [1.82, 2.24) is 0 Å². The maximum absolute atomic E-state index is 12.1. The molecule has 0 saturated heterocycles. The molecule has 0 radical (unpaired) electrons. The molecule has 0 atom stereocenters. The molecule has 0 saturated carbocycles. The number of hydrogen-bond acceptors (Lipinski definition) is 3. The molecule has 0 N–H and O–H groups in total. The molecule has 0 amide bonds. The van der Waals surface area contributed by atoms with Crippen molar-refractivity contribution in [2.75, 3.05) is 0 Å². The fourth-order valence-corrected chi connectivity index (χ4v) is 2.18. The molecule has 0 aromatic heterocycles. The Morgan fingerprint density at radius 3 is 1.92 bits per heavy atom. The Balaban J connectivity index is 1.86. The van der Waals surface area contributed by atoms with Crippen LogP contribution in [0.5, 0.6) is 5.75 Å². The Morgan fingerprint density at radius 1 is 0.885 bits per heavy atom. The SMILES string of the molecule is C=CCCCc1ccc(C=NN=Cc2ccc(OC(F)(F)F)cc2)cc1. The van der Waals surface area contributed by atoms with E-state index in [1.807, 2.05) is 30.3 Å². The summed E-state index contributed by atoms with van der Waals surface area (Å²) in [6, 6.07) is 13.4. The van der Waals surface area contributed by atoms with Gasteiger partial charge in [-0.1, -0.05) is 30.3 Å². The molecule has 0 aliphatic carbocycles. The number of unbranched alkanes of at least 4 members (excludes halogenated alkanes) is 1. The summed E-state index contributed by atoms with van der Waals surface area (Å²) in [5.74, 6) is -0.272. The second-order valence-electron chi connectivity index (χ2n) is 5.53. The largest absolute Gasteiger partial charge is 0.573 e. The van der Waals surface area contributed by atoms with E-state index in [-0.39, 0.29) is 5.75 Å². The van der Waals surface area contributed by atoms with E-state index in [9.17, 15) is 13.2 Å². The van der Waals surface area contributed by atoms with Crippen LogP contribution >= 0.6 is 0 Å². The molecule has 136 valence electrons. The number of halogens is 3. The van der Waals surface area contributed by atoms with E-state index in [1.54, 1.807) is 6.21 Å². The first-order valence-corrected chi connectivity index (χ1v) is 8.08. The summed E-state index contributed by atoms with van der Waals surface area (Å²) in [7, 11) is 0. The summed E-state index contributed by atoms with van der Waals surface area (Å²) < 4.78 is 40.0. The van der Waals surface area contributed by atoms with Gasteiger partial charge in [0.2, 0.25) is 0 Å². The topological polar surface area (TPSA) is 34.0 Å². The molecule has 2 rings (SSSR count). The second-order valence-corrected chi connectivity index (χ2v) is 5.53. The minimum absolute atomic E-state index is 0.272. The number of nitrogens with zero attached hydrogens (tertiary/aromatic N) is 2. The summed E-state index contributed by atoms with van der Waals surface area (Å²) in [5, 5.41) is 7.84. The fourth-order valence-electron chi connectivity index (χ4n) is 2.18. The molecule has 0 aliphatic rings. The van der Waals surface area contributed by atoms with E-state index in [4.69, 9.17) is 0 Å². The van der Waals surface area contributed by atoms with Gasteiger partial charge in [-0.05, 0) is 60.2 Å². The third-order valence-corrected chi connectivity index (χ3v) is 3.45. The van der Waals surface area contributed by atoms with Crippen LogP contribution in [0.1, 0.15) is 29.5 Å². The lowest BCUT2D eigenvalue weighted by molar-refractivity contribution is -0.274. The molecule has 0 unspecified atom stereocenters. The first kappa shape index (κ1) is 19.4. The molecule has 0 heterocycles. The quantitative estimate of drug-likeness (QED) is 0.263. The van der Waals surface area contributed by atoms with Crippen LogP contribution in [-0.4, -0.2) is 18.8 Å². The average Bonchev–Trinajstić information content (AvgIpc) is 2.60. The number of rotatable bonds is 8. The maximum atomic E-state index is 12.1. The molecule has 2 aromatic carbocycles. The van der Waals surface area contributed by atoms with Crippen LogP contribution in [0.3, 0.4) is 0 Å². The zero-order valence-electron chi connectivity index (χ0n) is 14.1. The van der Waals surface area contributed by atoms with E-state index in [2.05, 4.69) is 21.5 Å². The molecular formula is C20H19F3N2O. The van der Waals surface area contributed by atoms with Crippen LogP contribution in [0, 0.1) is 0 Å². The van der Waals surface area contributed by atoms with Crippen molar-refractivity contribution in [3.8, 4) is 5.75 Å². The highest BCUT2D eigenvalue weighted by Gasteiger charge is 2.30. The Kier molecular flexibility index (Phi) is 7.14. The number of benzene rings is 2. The van der Waals surface area contributed by atoms with Gasteiger partial charge in [-0.25, -0.2) is 0 Å². The molecule has 0 aliphatic heterocycles. The van der Waals surface area contributed by atoms with Gasteiger partial charge in [-0.3, -0.25) is 0 Å². The Morgan fingerprint density at radius 2 is 1.42 bits per heavy atom. The average molecular weight is 360 g/mol. The van der Waals surface area contributed by atoms with Gasteiger partial charge in [-0.15, -0.1) is 19.8 Å².